The molecular weight excluding hydrogens is 130 g/mol. The lowest BCUT2D eigenvalue weighted by Crippen LogP contribution is -2.02. The molecule has 1 aromatic rings. The van der Waals surface area contributed by atoms with E-state index in [0.29, 0.717) is 0 Å². The van der Waals surface area contributed by atoms with Crippen LogP contribution in [-0.4, -0.2) is 0 Å². The summed E-state index contributed by atoms with van der Waals surface area (Å²) in [6.45, 7) is 4.10. The molecule has 50 valence electrons. The highest BCUT2D eigenvalue weighted by Crippen LogP contribution is 2.17. The second kappa shape index (κ2) is 2.50. The van der Waals surface area contributed by atoms with Crippen molar-refractivity contribution in [1.29, 1.82) is 0 Å². The van der Waals surface area contributed by atoms with Crippen LogP contribution in [0.2, 0.25) is 0 Å². The fourth-order valence-electron chi connectivity index (χ4n) is 0.703. The standard InChI is InChI=1S/C7H11NS/c1-5-3-7(4-9-5)6(2)8/h3-4,6H,8H2,1-2H3. The minimum Gasteiger partial charge on any atom is -0.324 e. The minimum atomic E-state index is 0.190. The molecule has 0 aliphatic carbocycles. The molecule has 0 aromatic carbocycles. The summed E-state index contributed by atoms with van der Waals surface area (Å²) in [4.78, 5) is 1.34. The van der Waals surface area contributed by atoms with Crippen LogP contribution in [0.5, 0.6) is 0 Å². The van der Waals surface area contributed by atoms with Crippen LogP contribution in [0.3, 0.4) is 0 Å². The summed E-state index contributed by atoms with van der Waals surface area (Å²) in [5, 5.41) is 2.11. The van der Waals surface area contributed by atoms with E-state index in [0.717, 1.165) is 0 Å². The number of rotatable bonds is 1. The zero-order valence-electron chi connectivity index (χ0n) is 5.72. The molecule has 1 aromatic heterocycles. The van der Waals surface area contributed by atoms with Gasteiger partial charge in [0.05, 0.1) is 0 Å². The molecule has 2 heteroatoms. The summed E-state index contributed by atoms with van der Waals surface area (Å²) >= 11 is 1.75. The van der Waals surface area contributed by atoms with Crippen LogP contribution in [-0.2, 0) is 0 Å². The summed E-state index contributed by atoms with van der Waals surface area (Å²) in [6, 6.07) is 2.32. The van der Waals surface area contributed by atoms with Crippen molar-refractivity contribution in [3.8, 4) is 0 Å². The highest BCUT2D eigenvalue weighted by molar-refractivity contribution is 7.10. The van der Waals surface area contributed by atoms with Gasteiger partial charge in [-0.2, -0.15) is 0 Å². The van der Waals surface area contributed by atoms with Crippen molar-refractivity contribution < 1.29 is 0 Å². The van der Waals surface area contributed by atoms with Crippen LogP contribution < -0.4 is 5.73 Å². The van der Waals surface area contributed by atoms with Crippen LogP contribution in [0.1, 0.15) is 23.4 Å². The van der Waals surface area contributed by atoms with Crippen molar-refractivity contribution in [2.45, 2.75) is 19.9 Å². The molecule has 0 amide bonds. The van der Waals surface area contributed by atoms with Crippen molar-refractivity contribution in [3.05, 3.63) is 21.9 Å². The van der Waals surface area contributed by atoms with E-state index in [1.54, 1.807) is 11.3 Å². The van der Waals surface area contributed by atoms with Gasteiger partial charge in [0.1, 0.15) is 0 Å². The topological polar surface area (TPSA) is 26.0 Å². The third-order valence-corrected chi connectivity index (χ3v) is 2.16. The lowest BCUT2D eigenvalue weighted by atomic mass is 10.2. The smallest absolute Gasteiger partial charge is 0.0274 e. The van der Waals surface area contributed by atoms with Gasteiger partial charge in [0.25, 0.3) is 0 Å². The first-order valence-corrected chi connectivity index (χ1v) is 3.88. The highest BCUT2D eigenvalue weighted by atomic mass is 32.1. The molecule has 9 heavy (non-hydrogen) atoms. The molecule has 0 radical (unpaired) electrons. The first kappa shape index (κ1) is 6.78. The van der Waals surface area contributed by atoms with E-state index >= 15 is 0 Å². The molecule has 0 fully saturated rings. The molecule has 0 spiro atoms. The third-order valence-electron chi connectivity index (χ3n) is 1.28. The van der Waals surface area contributed by atoms with Gasteiger partial charge in [-0.3, -0.25) is 0 Å². The van der Waals surface area contributed by atoms with Crippen LogP contribution in [0.25, 0.3) is 0 Å². The van der Waals surface area contributed by atoms with Crippen LogP contribution in [0, 0.1) is 6.92 Å². The van der Waals surface area contributed by atoms with E-state index in [9.17, 15) is 0 Å². The second-order valence-electron chi connectivity index (χ2n) is 2.28. The maximum Gasteiger partial charge on any atom is 0.0274 e. The first-order valence-electron chi connectivity index (χ1n) is 3.01. The maximum absolute atomic E-state index is 5.63. The Balaban J connectivity index is 2.85. The number of aryl methyl sites for hydroxylation is 1. The van der Waals surface area contributed by atoms with Crippen LogP contribution in [0.4, 0.5) is 0 Å². The summed E-state index contributed by atoms with van der Waals surface area (Å²) in [7, 11) is 0. The molecule has 0 bridgehead atoms. The molecule has 1 rings (SSSR count). The second-order valence-corrected chi connectivity index (χ2v) is 3.39. The average molecular weight is 141 g/mol. The Hall–Kier alpha value is -0.340. The molecular formula is C7H11NS. The Morgan fingerprint density at radius 2 is 2.33 bits per heavy atom. The summed E-state index contributed by atoms with van der Waals surface area (Å²) < 4.78 is 0. The van der Waals surface area contributed by atoms with Crippen molar-refractivity contribution in [2.24, 2.45) is 5.73 Å². The van der Waals surface area contributed by atoms with E-state index in [1.807, 2.05) is 6.92 Å². The van der Waals surface area contributed by atoms with Crippen LogP contribution in [0.15, 0.2) is 11.4 Å². The average Bonchev–Trinajstić information content (AvgIpc) is 2.14. The van der Waals surface area contributed by atoms with Gasteiger partial charge in [-0.25, -0.2) is 0 Å². The number of hydrogen-bond acceptors (Lipinski definition) is 2. The zero-order chi connectivity index (χ0) is 6.85. The molecule has 1 heterocycles. The predicted molar refractivity (Wildman–Crippen MR) is 41.7 cm³/mol. The van der Waals surface area contributed by atoms with Gasteiger partial charge in [0.15, 0.2) is 0 Å². The normalized spacial score (nSPS) is 13.7. The first-order chi connectivity index (χ1) is 4.20. The van der Waals surface area contributed by atoms with Crippen molar-refractivity contribution in [2.75, 3.05) is 0 Å². The van der Waals surface area contributed by atoms with Crippen molar-refractivity contribution in [3.63, 3.8) is 0 Å². The molecule has 0 aliphatic rings. The van der Waals surface area contributed by atoms with Crippen molar-refractivity contribution >= 4 is 11.3 Å². The third kappa shape index (κ3) is 1.53. The molecule has 0 saturated carbocycles. The Morgan fingerprint density at radius 3 is 2.56 bits per heavy atom. The SMILES string of the molecule is Cc1cc(C(C)N)cs1. The van der Waals surface area contributed by atoms with Gasteiger partial charge in [-0.15, -0.1) is 11.3 Å². The van der Waals surface area contributed by atoms with Gasteiger partial charge in [-0.1, -0.05) is 0 Å². The van der Waals surface area contributed by atoms with E-state index in [2.05, 4.69) is 18.4 Å². The van der Waals surface area contributed by atoms with Gasteiger partial charge < -0.3 is 5.73 Å². The van der Waals surface area contributed by atoms with E-state index in [4.69, 9.17) is 5.73 Å². The summed E-state index contributed by atoms with van der Waals surface area (Å²) in [5.41, 5.74) is 6.88. The fraction of sp³-hybridized carbons (Fsp3) is 0.429. The van der Waals surface area contributed by atoms with Crippen molar-refractivity contribution in [1.82, 2.24) is 0 Å². The molecule has 2 N–H and O–H groups in total. The quantitative estimate of drug-likeness (QED) is 0.636. The lowest BCUT2D eigenvalue weighted by Gasteiger charge is -1.97. The lowest BCUT2D eigenvalue weighted by molar-refractivity contribution is 0.822. The Morgan fingerprint density at radius 1 is 1.67 bits per heavy atom. The molecule has 1 nitrogen and oxygen atoms in total. The molecule has 0 aliphatic heterocycles. The monoisotopic (exact) mass is 141 g/mol. The minimum absolute atomic E-state index is 0.190. The molecule has 1 unspecified atom stereocenters. The van der Waals surface area contributed by atoms with Gasteiger partial charge >= 0.3 is 0 Å². The molecule has 1 atom stereocenters. The van der Waals surface area contributed by atoms with Gasteiger partial charge in [-0.05, 0) is 30.9 Å². The Kier molecular flexibility index (Phi) is 1.88. The summed E-state index contributed by atoms with van der Waals surface area (Å²) in [5.74, 6) is 0. The summed E-state index contributed by atoms with van der Waals surface area (Å²) in [6.07, 6.45) is 0. The number of nitrogens with two attached hydrogens (primary N) is 1. The van der Waals surface area contributed by atoms with Crippen LogP contribution >= 0.6 is 11.3 Å². The largest absolute Gasteiger partial charge is 0.324 e. The maximum atomic E-state index is 5.63. The Bertz CT molecular complexity index is 191. The highest BCUT2D eigenvalue weighted by Gasteiger charge is 1.99. The predicted octanol–water partition coefficient (Wildman–Crippen LogP) is 2.08. The fourth-order valence-corrected chi connectivity index (χ4v) is 1.51. The molecule has 0 saturated heterocycles. The van der Waals surface area contributed by atoms with E-state index in [1.165, 1.54) is 10.4 Å². The van der Waals surface area contributed by atoms with E-state index in [-0.39, 0.29) is 6.04 Å². The number of hydrogen-bond donors (Lipinski definition) is 1. The Labute approximate surface area is 59.5 Å². The van der Waals surface area contributed by atoms with Gasteiger partial charge in [0, 0.05) is 10.9 Å². The number of thiophene rings is 1. The van der Waals surface area contributed by atoms with Gasteiger partial charge in [0.2, 0.25) is 0 Å². The van der Waals surface area contributed by atoms with E-state index < -0.39 is 0 Å². The zero-order valence-corrected chi connectivity index (χ0v) is 6.53.